The van der Waals surface area contributed by atoms with E-state index in [-0.39, 0.29) is 11.9 Å². The van der Waals surface area contributed by atoms with Crippen molar-refractivity contribution in [3.63, 3.8) is 0 Å². The van der Waals surface area contributed by atoms with E-state index < -0.39 is 0 Å². The maximum Gasteiger partial charge on any atom is 0.126 e. The van der Waals surface area contributed by atoms with Crippen LogP contribution in [0.1, 0.15) is 18.1 Å². The summed E-state index contributed by atoms with van der Waals surface area (Å²) in [6, 6.07) is 16.2. The Labute approximate surface area is 112 Å². The SMILES string of the molecule is CC(Cc1ccccc1F)Nc1cccc(C#N)c1. The average molecular weight is 254 g/mol. The van der Waals surface area contributed by atoms with Gasteiger partial charge in [0.2, 0.25) is 0 Å². The maximum atomic E-state index is 13.5. The van der Waals surface area contributed by atoms with Gasteiger partial charge in [-0.2, -0.15) is 5.26 Å². The van der Waals surface area contributed by atoms with Gasteiger partial charge in [-0.1, -0.05) is 24.3 Å². The van der Waals surface area contributed by atoms with E-state index in [1.165, 1.54) is 6.07 Å². The molecule has 0 aromatic heterocycles. The minimum atomic E-state index is -0.179. The van der Waals surface area contributed by atoms with Crippen LogP contribution in [0, 0.1) is 17.1 Å². The summed E-state index contributed by atoms with van der Waals surface area (Å²) in [5.41, 5.74) is 2.19. The summed E-state index contributed by atoms with van der Waals surface area (Å²) in [5, 5.41) is 12.1. The maximum absolute atomic E-state index is 13.5. The van der Waals surface area contributed by atoms with Crippen LogP contribution in [0.5, 0.6) is 0 Å². The van der Waals surface area contributed by atoms with Crippen LogP contribution in [0.2, 0.25) is 0 Å². The van der Waals surface area contributed by atoms with E-state index in [0.29, 0.717) is 17.5 Å². The van der Waals surface area contributed by atoms with Gasteiger partial charge in [0.25, 0.3) is 0 Å². The largest absolute Gasteiger partial charge is 0.382 e. The van der Waals surface area contributed by atoms with Gasteiger partial charge in [0, 0.05) is 11.7 Å². The first kappa shape index (κ1) is 13.1. The van der Waals surface area contributed by atoms with Crippen molar-refractivity contribution in [2.75, 3.05) is 5.32 Å². The third-order valence-electron chi connectivity index (χ3n) is 2.89. The first-order chi connectivity index (χ1) is 9.19. The molecular weight excluding hydrogens is 239 g/mol. The van der Waals surface area contributed by atoms with Gasteiger partial charge in [-0.05, 0) is 43.2 Å². The number of nitriles is 1. The number of nitrogens with one attached hydrogen (secondary N) is 1. The number of benzene rings is 2. The van der Waals surface area contributed by atoms with Crippen molar-refractivity contribution < 1.29 is 4.39 Å². The van der Waals surface area contributed by atoms with Gasteiger partial charge in [-0.3, -0.25) is 0 Å². The lowest BCUT2D eigenvalue weighted by Gasteiger charge is -2.15. The Morgan fingerprint density at radius 3 is 2.74 bits per heavy atom. The van der Waals surface area contributed by atoms with E-state index in [1.54, 1.807) is 24.3 Å². The molecule has 0 heterocycles. The van der Waals surface area contributed by atoms with Gasteiger partial charge in [0.05, 0.1) is 11.6 Å². The number of nitrogens with zero attached hydrogens (tertiary/aromatic N) is 1. The van der Waals surface area contributed by atoms with Gasteiger partial charge in [0.1, 0.15) is 5.82 Å². The van der Waals surface area contributed by atoms with Gasteiger partial charge in [-0.15, -0.1) is 0 Å². The highest BCUT2D eigenvalue weighted by molar-refractivity contribution is 5.49. The molecule has 2 rings (SSSR count). The molecule has 0 aliphatic rings. The molecule has 0 fully saturated rings. The van der Waals surface area contributed by atoms with Crippen molar-refractivity contribution in [3.8, 4) is 6.07 Å². The summed E-state index contributed by atoms with van der Waals surface area (Å²) in [5.74, 6) is -0.179. The van der Waals surface area contributed by atoms with Crippen LogP contribution in [0.4, 0.5) is 10.1 Å². The highest BCUT2D eigenvalue weighted by Crippen LogP contribution is 2.14. The molecule has 0 saturated carbocycles. The van der Waals surface area contributed by atoms with Gasteiger partial charge in [-0.25, -0.2) is 4.39 Å². The Bertz CT molecular complexity index is 602. The van der Waals surface area contributed by atoms with Crippen LogP contribution in [0.15, 0.2) is 48.5 Å². The monoisotopic (exact) mass is 254 g/mol. The molecule has 1 atom stereocenters. The molecule has 2 nitrogen and oxygen atoms in total. The van der Waals surface area contributed by atoms with E-state index in [4.69, 9.17) is 5.26 Å². The van der Waals surface area contributed by atoms with E-state index in [1.807, 2.05) is 25.1 Å². The summed E-state index contributed by atoms with van der Waals surface area (Å²) >= 11 is 0. The Kier molecular flexibility index (Phi) is 4.15. The van der Waals surface area contributed by atoms with Crippen molar-refractivity contribution in [2.45, 2.75) is 19.4 Å². The van der Waals surface area contributed by atoms with Gasteiger partial charge >= 0.3 is 0 Å². The summed E-state index contributed by atoms with van der Waals surface area (Å²) < 4.78 is 13.5. The summed E-state index contributed by atoms with van der Waals surface area (Å²) in [6.07, 6.45) is 0.601. The zero-order valence-electron chi connectivity index (χ0n) is 10.7. The topological polar surface area (TPSA) is 35.8 Å². The first-order valence-corrected chi connectivity index (χ1v) is 6.19. The number of anilines is 1. The summed E-state index contributed by atoms with van der Waals surface area (Å²) in [4.78, 5) is 0. The van der Waals surface area contributed by atoms with Crippen LogP contribution in [-0.4, -0.2) is 6.04 Å². The third-order valence-corrected chi connectivity index (χ3v) is 2.89. The smallest absolute Gasteiger partial charge is 0.126 e. The number of halogens is 1. The Morgan fingerprint density at radius 1 is 1.21 bits per heavy atom. The van der Waals surface area contributed by atoms with Crippen molar-refractivity contribution in [1.29, 1.82) is 5.26 Å². The van der Waals surface area contributed by atoms with Crippen LogP contribution >= 0.6 is 0 Å². The number of hydrogen-bond donors (Lipinski definition) is 1. The lowest BCUT2D eigenvalue weighted by molar-refractivity contribution is 0.601. The minimum Gasteiger partial charge on any atom is -0.382 e. The molecule has 0 radical (unpaired) electrons. The van der Waals surface area contributed by atoms with Crippen LogP contribution in [0.3, 0.4) is 0 Å². The summed E-state index contributed by atoms with van der Waals surface area (Å²) in [7, 11) is 0. The average Bonchev–Trinajstić information content (AvgIpc) is 2.41. The second-order valence-electron chi connectivity index (χ2n) is 4.53. The van der Waals surface area contributed by atoms with Crippen LogP contribution < -0.4 is 5.32 Å². The van der Waals surface area contributed by atoms with Crippen LogP contribution in [0.25, 0.3) is 0 Å². The molecule has 1 N–H and O–H groups in total. The second kappa shape index (κ2) is 6.01. The van der Waals surface area contributed by atoms with Gasteiger partial charge < -0.3 is 5.32 Å². The van der Waals surface area contributed by atoms with E-state index in [0.717, 1.165) is 5.69 Å². The molecule has 1 unspecified atom stereocenters. The highest BCUT2D eigenvalue weighted by Gasteiger charge is 2.07. The third kappa shape index (κ3) is 3.56. The fourth-order valence-corrected chi connectivity index (χ4v) is 2.01. The fourth-order valence-electron chi connectivity index (χ4n) is 2.01. The Balaban J connectivity index is 2.03. The van der Waals surface area contributed by atoms with Gasteiger partial charge in [0.15, 0.2) is 0 Å². The molecule has 0 saturated heterocycles. The zero-order chi connectivity index (χ0) is 13.7. The molecule has 0 aliphatic heterocycles. The van der Waals surface area contributed by atoms with E-state index in [2.05, 4.69) is 11.4 Å². The lowest BCUT2D eigenvalue weighted by Crippen LogP contribution is -2.18. The predicted octanol–water partition coefficient (Wildman–Crippen LogP) is 3.74. The van der Waals surface area contributed by atoms with Crippen molar-refractivity contribution in [3.05, 3.63) is 65.5 Å². The number of hydrogen-bond acceptors (Lipinski definition) is 2. The molecule has 0 spiro atoms. The van der Waals surface area contributed by atoms with Crippen molar-refractivity contribution >= 4 is 5.69 Å². The molecule has 0 aliphatic carbocycles. The molecule has 2 aromatic rings. The van der Waals surface area contributed by atoms with Crippen LogP contribution in [-0.2, 0) is 6.42 Å². The molecule has 19 heavy (non-hydrogen) atoms. The minimum absolute atomic E-state index is 0.0887. The lowest BCUT2D eigenvalue weighted by atomic mass is 10.1. The standard InChI is InChI=1S/C16H15FN2/c1-12(9-14-6-2-3-8-16(14)17)19-15-7-4-5-13(10-15)11-18/h2-8,10,12,19H,9H2,1H3. The molecular formula is C16H15FN2. The number of rotatable bonds is 4. The molecule has 0 amide bonds. The zero-order valence-corrected chi connectivity index (χ0v) is 10.7. The fraction of sp³-hybridized carbons (Fsp3) is 0.188. The molecule has 96 valence electrons. The first-order valence-electron chi connectivity index (χ1n) is 6.19. The molecule has 3 heteroatoms. The quantitative estimate of drug-likeness (QED) is 0.902. The summed E-state index contributed by atoms with van der Waals surface area (Å²) in [6.45, 7) is 1.99. The molecule has 2 aromatic carbocycles. The second-order valence-corrected chi connectivity index (χ2v) is 4.53. The van der Waals surface area contributed by atoms with E-state index >= 15 is 0 Å². The van der Waals surface area contributed by atoms with Crippen molar-refractivity contribution in [2.24, 2.45) is 0 Å². The Morgan fingerprint density at radius 2 is 2.00 bits per heavy atom. The van der Waals surface area contributed by atoms with Crippen molar-refractivity contribution in [1.82, 2.24) is 0 Å². The Hall–Kier alpha value is -2.34. The molecule has 0 bridgehead atoms. The van der Waals surface area contributed by atoms with E-state index in [9.17, 15) is 4.39 Å². The predicted molar refractivity (Wildman–Crippen MR) is 74.3 cm³/mol. The highest BCUT2D eigenvalue weighted by atomic mass is 19.1. The normalized spacial score (nSPS) is 11.6.